The van der Waals surface area contributed by atoms with Gasteiger partial charge in [-0.3, -0.25) is 4.79 Å². The molecule has 0 aromatic heterocycles. The Balaban J connectivity index is 2.63. The quantitative estimate of drug-likeness (QED) is 0.848. The highest BCUT2D eigenvalue weighted by atomic mass is 32.2. The van der Waals surface area contributed by atoms with Crippen molar-refractivity contribution in [3.63, 3.8) is 0 Å². The number of rotatable bonds is 5. The Morgan fingerprint density at radius 2 is 1.89 bits per heavy atom. The van der Waals surface area contributed by atoms with Gasteiger partial charge >= 0.3 is 6.18 Å². The second kappa shape index (κ2) is 6.81. The molecule has 3 nitrogen and oxygen atoms in total. The molecule has 0 aliphatic rings. The zero-order valence-electron chi connectivity index (χ0n) is 10.3. The number of carbonyl (C=O) groups is 1. The highest BCUT2D eigenvalue weighted by molar-refractivity contribution is 7.90. The monoisotopic (exact) mass is 293 g/mol. The summed E-state index contributed by atoms with van der Waals surface area (Å²) in [6.45, 7) is 1.92. The van der Waals surface area contributed by atoms with Crippen LogP contribution in [0.4, 0.5) is 13.2 Å². The number of unbranched alkanes of at least 4 members (excludes halogenated alkanes) is 1. The summed E-state index contributed by atoms with van der Waals surface area (Å²) in [5, 5.41) is 0. The maximum Gasteiger partial charge on any atom is 0.416 e. The third-order valence-corrected chi connectivity index (χ3v) is 3.47. The summed E-state index contributed by atoms with van der Waals surface area (Å²) in [6.07, 6.45) is -2.66. The van der Waals surface area contributed by atoms with Gasteiger partial charge < -0.3 is 4.55 Å². The lowest BCUT2D eigenvalue weighted by Gasteiger charge is -2.11. The van der Waals surface area contributed by atoms with Gasteiger partial charge in [0.15, 0.2) is 4.90 Å². The minimum absolute atomic E-state index is 0.137. The number of hydrogen-bond acceptors (Lipinski definition) is 2. The number of halogens is 3. The van der Waals surface area contributed by atoms with Crippen LogP contribution in [-0.4, -0.2) is 10.5 Å². The molecule has 0 heterocycles. The second-order valence-corrected chi connectivity index (χ2v) is 5.13. The topological polar surface area (TPSA) is 52.2 Å². The van der Waals surface area contributed by atoms with E-state index in [1.165, 1.54) is 0 Å². The summed E-state index contributed by atoms with van der Waals surface area (Å²) in [6, 6.07) is 3.87. The minimum Gasteiger partial charge on any atom is -0.588 e. The standard InChI is InChI=1S/C12H14F3NO2S/c1-2-3-4-11(17)16-19(18)10-7-5-9(6-8-10)12(13,14)15/h5-8H,2-4H2,1H3,(H,16,17). The third-order valence-electron chi connectivity index (χ3n) is 2.36. The van der Waals surface area contributed by atoms with Crippen molar-refractivity contribution in [2.45, 2.75) is 37.3 Å². The van der Waals surface area contributed by atoms with Crippen LogP contribution < -0.4 is 4.72 Å². The third kappa shape index (κ3) is 5.12. The van der Waals surface area contributed by atoms with Crippen molar-refractivity contribution in [3.05, 3.63) is 29.8 Å². The van der Waals surface area contributed by atoms with Crippen LogP contribution in [0.15, 0.2) is 29.2 Å². The van der Waals surface area contributed by atoms with Crippen molar-refractivity contribution in [2.24, 2.45) is 0 Å². The Bertz CT molecular complexity index is 420. The molecule has 0 radical (unpaired) electrons. The number of carbonyl (C=O) groups excluding carboxylic acids is 1. The van der Waals surface area contributed by atoms with Crippen molar-refractivity contribution >= 4 is 17.3 Å². The molecule has 0 spiro atoms. The van der Waals surface area contributed by atoms with Crippen LogP contribution in [-0.2, 0) is 22.3 Å². The van der Waals surface area contributed by atoms with E-state index in [4.69, 9.17) is 0 Å². The zero-order chi connectivity index (χ0) is 14.5. The molecule has 1 atom stereocenters. The molecule has 1 aromatic carbocycles. The number of hydrogen-bond donors (Lipinski definition) is 1. The molecule has 0 aliphatic heterocycles. The maximum atomic E-state index is 12.3. The summed E-state index contributed by atoms with van der Waals surface area (Å²) >= 11 is -1.82. The van der Waals surface area contributed by atoms with Gasteiger partial charge in [0, 0.05) is 6.42 Å². The molecule has 1 unspecified atom stereocenters. The molecule has 1 aromatic rings. The fourth-order valence-corrected chi connectivity index (χ4v) is 2.13. The highest BCUT2D eigenvalue weighted by Gasteiger charge is 2.30. The summed E-state index contributed by atoms with van der Waals surface area (Å²) in [7, 11) is 0. The summed E-state index contributed by atoms with van der Waals surface area (Å²) in [5.41, 5.74) is -0.814. The fourth-order valence-electron chi connectivity index (χ4n) is 1.32. The Kier molecular flexibility index (Phi) is 5.68. The fraction of sp³-hybridized carbons (Fsp3) is 0.417. The van der Waals surface area contributed by atoms with Gasteiger partial charge in [-0.25, -0.2) is 0 Å². The molecular formula is C12H14F3NO2S. The van der Waals surface area contributed by atoms with Gasteiger partial charge in [0.05, 0.1) is 5.56 Å². The van der Waals surface area contributed by atoms with E-state index in [2.05, 4.69) is 4.72 Å². The van der Waals surface area contributed by atoms with E-state index < -0.39 is 23.1 Å². The second-order valence-electron chi connectivity index (χ2n) is 3.92. The van der Waals surface area contributed by atoms with Crippen LogP contribution in [0.25, 0.3) is 0 Å². The van der Waals surface area contributed by atoms with Crippen LogP contribution in [0, 0.1) is 0 Å². The van der Waals surface area contributed by atoms with Gasteiger partial charge in [-0.1, -0.05) is 13.3 Å². The van der Waals surface area contributed by atoms with Gasteiger partial charge in [0.1, 0.15) is 11.4 Å². The molecular weight excluding hydrogens is 279 g/mol. The summed E-state index contributed by atoms with van der Waals surface area (Å²) in [5.74, 6) is -0.375. The first-order valence-corrected chi connectivity index (χ1v) is 6.88. The first-order chi connectivity index (χ1) is 8.84. The van der Waals surface area contributed by atoms with Crippen molar-refractivity contribution < 1.29 is 22.5 Å². The number of alkyl halides is 3. The van der Waals surface area contributed by atoms with Crippen LogP contribution >= 0.6 is 0 Å². The molecule has 0 saturated carbocycles. The van der Waals surface area contributed by atoms with E-state index >= 15 is 0 Å². The maximum absolute atomic E-state index is 12.3. The van der Waals surface area contributed by atoms with Gasteiger partial charge in [-0.2, -0.15) is 17.9 Å². The molecule has 0 fully saturated rings. The molecule has 0 aliphatic carbocycles. The van der Waals surface area contributed by atoms with Gasteiger partial charge in [0.2, 0.25) is 0 Å². The lowest BCUT2D eigenvalue weighted by Crippen LogP contribution is -2.30. The summed E-state index contributed by atoms with van der Waals surface area (Å²) in [4.78, 5) is 11.5. The lowest BCUT2D eigenvalue weighted by molar-refractivity contribution is -0.137. The van der Waals surface area contributed by atoms with Gasteiger partial charge in [-0.05, 0) is 30.7 Å². The predicted molar refractivity (Wildman–Crippen MR) is 65.5 cm³/mol. The molecule has 106 valence electrons. The van der Waals surface area contributed by atoms with E-state index in [9.17, 15) is 22.5 Å². The number of benzene rings is 1. The van der Waals surface area contributed by atoms with Crippen molar-refractivity contribution in [2.75, 3.05) is 0 Å². The van der Waals surface area contributed by atoms with Crippen molar-refractivity contribution in [1.82, 2.24) is 4.72 Å². The molecule has 1 amide bonds. The van der Waals surface area contributed by atoms with E-state index in [0.29, 0.717) is 6.42 Å². The Labute approximate surface area is 112 Å². The van der Waals surface area contributed by atoms with Gasteiger partial charge in [0.25, 0.3) is 5.91 Å². The van der Waals surface area contributed by atoms with Gasteiger partial charge in [-0.15, -0.1) is 0 Å². The first kappa shape index (κ1) is 15.8. The predicted octanol–water partition coefficient (Wildman–Crippen LogP) is 3.03. The van der Waals surface area contributed by atoms with E-state index in [1.807, 2.05) is 6.92 Å². The smallest absolute Gasteiger partial charge is 0.416 e. The average molecular weight is 293 g/mol. The Hall–Kier alpha value is -1.21. The minimum atomic E-state index is -4.43. The highest BCUT2D eigenvalue weighted by Crippen LogP contribution is 2.29. The largest absolute Gasteiger partial charge is 0.588 e. The lowest BCUT2D eigenvalue weighted by atomic mass is 10.2. The van der Waals surface area contributed by atoms with E-state index in [1.54, 1.807) is 0 Å². The Morgan fingerprint density at radius 1 is 1.32 bits per heavy atom. The van der Waals surface area contributed by atoms with Crippen molar-refractivity contribution in [1.29, 1.82) is 0 Å². The average Bonchev–Trinajstić information content (AvgIpc) is 2.35. The molecule has 0 saturated heterocycles. The number of amides is 1. The van der Waals surface area contributed by atoms with Crippen LogP contribution in [0.1, 0.15) is 31.7 Å². The summed E-state index contributed by atoms with van der Waals surface area (Å²) < 4.78 is 50.9. The number of nitrogens with one attached hydrogen (secondary N) is 1. The molecule has 1 N–H and O–H groups in total. The SMILES string of the molecule is CCCCC(=O)N[S+]([O-])c1ccc(C(F)(F)F)cc1. The van der Waals surface area contributed by atoms with E-state index in [0.717, 1.165) is 30.7 Å². The van der Waals surface area contributed by atoms with Crippen molar-refractivity contribution in [3.8, 4) is 0 Å². The molecule has 7 heteroatoms. The van der Waals surface area contributed by atoms with Crippen LogP contribution in [0.2, 0.25) is 0 Å². The zero-order valence-corrected chi connectivity index (χ0v) is 11.1. The molecule has 1 rings (SSSR count). The first-order valence-electron chi connectivity index (χ1n) is 5.73. The molecule has 0 bridgehead atoms. The normalized spacial score (nSPS) is 13.1. The molecule has 19 heavy (non-hydrogen) atoms. The van der Waals surface area contributed by atoms with Crippen LogP contribution in [0.3, 0.4) is 0 Å². The van der Waals surface area contributed by atoms with E-state index in [-0.39, 0.29) is 17.2 Å². The van der Waals surface area contributed by atoms with Crippen LogP contribution in [0.5, 0.6) is 0 Å². The Morgan fingerprint density at radius 3 is 2.37 bits per heavy atom.